The number of anilines is 2. The van der Waals surface area contributed by atoms with Crippen molar-refractivity contribution in [3.63, 3.8) is 0 Å². The van der Waals surface area contributed by atoms with Crippen LogP contribution in [0.4, 0.5) is 15.8 Å². The highest BCUT2D eigenvalue weighted by molar-refractivity contribution is 8.02. The highest BCUT2D eigenvalue weighted by Crippen LogP contribution is 2.53. The molecule has 2 aliphatic heterocycles. The Morgan fingerprint density at radius 1 is 1.14 bits per heavy atom. The Hall–Kier alpha value is -2.34. The van der Waals surface area contributed by atoms with Crippen LogP contribution in [0.15, 0.2) is 48.5 Å². The van der Waals surface area contributed by atoms with Crippen molar-refractivity contribution in [2.24, 2.45) is 0 Å². The molecule has 0 aliphatic carbocycles. The van der Waals surface area contributed by atoms with Crippen LogP contribution >= 0.6 is 11.8 Å². The topological polar surface area (TPSA) is 49.4 Å². The van der Waals surface area contributed by atoms with E-state index in [1.165, 1.54) is 28.8 Å². The number of carbonyl (C=O) groups is 2. The van der Waals surface area contributed by atoms with Gasteiger partial charge in [-0.2, -0.15) is 0 Å². The molecular formula is C16H11FN2O2S. The molecule has 1 unspecified atom stereocenters. The second-order valence-electron chi connectivity index (χ2n) is 5.14. The van der Waals surface area contributed by atoms with Crippen LogP contribution in [0.5, 0.6) is 0 Å². The van der Waals surface area contributed by atoms with Crippen LogP contribution in [0, 0.1) is 5.82 Å². The van der Waals surface area contributed by atoms with E-state index in [-0.39, 0.29) is 17.6 Å². The monoisotopic (exact) mass is 314 g/mol. The Bertz CT molecular complexity index is 796. The summed E-state index contributed by atoms with van der Waals surface area (Å²) < 4.78 is 13.4. The first-order chi connectivity index (χ1) is 10.6. The number of nitrogens with one attached hydrogen (secondary N) is 1. The summed E-state index contributed by atoms with van der Waals surface area (Å²) in [6.07, 6.45) is 0. The lowest BCUT2D eigenvalue weighted by atomic mass is 10.0. The maximum Gasteiger partial charge on any atom is 0.266 e. The fraction of sp³-hybridized carbons (Fsp3) is 0.125. The van der Waals surface area contributed by atoms with E-state index in [0.29, 0.717) is 16.9 Å². The van der Waals surface area contributed by atoms with E-state index >= 15 is 0 Å². The molecule has 4 rings (SSSR count). The second kappa shape index (κ2) is 4.58. The third-order valence-corrected chi connectivity index (χ3v) is 5.28. The average molecular weight is 314 g/mol. The number of carbonyl (C=O) groups excluding carboxylic acids is 2. The second-order valence-corrected chi connectivity index (χ2v) is 6.31. The molecule has 1 spiro atoms. The molecule has 2 aromatic rings. The third kappa shape index (κ3) is 1.64. The van der Waals surface area contributed by atoms with E-state index in [0.717, 1.165) is 0 Å². The van der Waals surface area contributed by atoms with Gasteiger partial charge in [-0.15, -0.1) is 11.8 Å². The molecule has 0 saturated carbocycles. The SMILES string of the molecule is O=C1CSC2(C(=O)Nc3cc(F)ccc32)N1c1ccccc1. The molecule has 0 radical (unpaired) electrons. The highest BCUT2D eigenvalue weighted by Gasteiger charge is 2.58. The van der Waals surface area contributed by atoms with E-state index < -0.39 is 10.7 Å². The van der Waals surface area contributed by atoms with Gasteiger partial charge in [0.25, 0.3) is 5.91 Å². The smallest absolute Gasteiger partial charge is 0.266 e. The van der Waals surface area contributed by atoms with E-state index in [4.69, 9.17) is 0 Å². The lowest BCUT2D eigenvalue weighted by molar-refractivity contribution is -0.122. The lowest BCUT2D eigenvalue weighted by Gasteiger charge is -2.32. The van der Waals surface area contributed by atoms with Crippen LogP contribution in [0.25, 0.3) is 0 Å². The maximum atomic E-state index is 13.4. The first kappa shape index (κ1) is 13.3. The Balaban J connectivity index is 1.94. The van der Waals surface area contributed by atoms with Crippen molar-refractivity contribution < 1.29 is 14.0 Å². The van der Waals surface area contributed by atoms with Gasteiger partial charge in [-0.25, -0.2) is 4.39 Å². The van der Waals surface area contributed by atoms with Gasteiger partial charge in [0.2, 0.25) is 10.8 Å². The standard InChI is InChI=1S/C16H11FN2O2S/c17-10-6-7-12-13(8-10)18-15(21)16(12)19(14(20)9-22-16)11-4-2-1-3-5-11/h1-8H,9H2,(H,18,21). The van der Waals surface area contributed by atoms with Gasteiger partial charge in [0.05, 0.1) is 11.4 Å². The first-order valence-corrected chi connectivity index (χ1v) is 7.75. The van der Waals surface area contributed by atoms with Crippen molar-refractivity contribution in [3.8, 4) is 0 Å². The molecule has 22 heavy (non-hydrogen) atoms. The summed E-state index contributed by atoms with van der Waals surface area (Å²) in [6, 6.07) is 13.2. The van der Waals surface area contributed by atoms with Gasteiger partial charge in [0.1, 0.15) is 5.82 Å². The Kier molecular flexibility index (Phi) is 2.77. The molecule has 2 heterocycles. The van der Waals surface area contributed by atoms with Crippen LogP contribution < -0.4 is 10.2 Å². The van der Waals surface area contributed by atoms with Gasteiger partial charge in [0.15, 0.2) is 0 Å². The zero-order valence-corrected chi connectivity index (χ0v) is 12.2. The van der Waals surface area contributed by atoms with Gasteiger partial charge < -0.3 is 5.32 Å². The summed E-state index contributed by atoms with van der Waals surface area (Å²) in [5, 5.41) is 2.70. The van der Waals surface area contributed by atoms with Crippen molar-refractivity contribution in [2.75, 3.05) is 16.0 Å². The predicted molar refractivity (Wildman–Crippen MR) is 83.1 cm³/mol. The van der Waals surface area contributed by atoms with Crippen LogP contribution in [-0.4, -0.2) is 17.6 Å². The van der Waals surface area contributed by atoms with Gasteiger partial charge in [0, 0.05) is 11.3 Å². The van der Waals surface area contributed by atoms with Crippen molar-refractivity contribution in [3.05, 3.63) is 59.9 Å². The number of amides is 2. The molecule has 0 bridgehead atoms. The molecule has 1 fully saturated rings. The van der Waals surface area contributed by atoms with E-state index in [2.05, 4.69) is 5.32 Å². The predicted octanol–water partition coefficient (Wildman–Crippen LogP) is 2.71. The number of para-hydroxylation sites is 1. The van der Waals surface area contributed by atoms with Crippen molar-refractivity contribution >= 4 is 35.0 Å². The molecular weight excluding hydrogens is 303 g/mol. The quantitative estimate of drug-likeness (QED) is 0.880. The van der Waals surface area contributed by atoms with Crippen molar-refractivity contribution in [1.82, 2.24) is 0 Å². The van der Waals surface area contributed by atoms with Crippen LogP contribution in [0.3, 0.4) is 0 Å². The molecule has 1 N–H and O–H groups in total. The number of halogens is 1. The zero-order valence-electron chi connectivity index (χ0n) is 11.4. The zero-order chi connectivity index (χ0) is 15.3. The van der Waals surface area contributed by atoms with Crippen molar-refractivity contribution in [1.29, 1.82) is 0 Å². The number of benzene rings is 2. The van der Waals surface area contributed by atoms with Crippen LogP contribution in [0.1, 0.15) is 5.56 Å². The fourth-order valence-corrected chi connectivity index (χ4v) is 4.30. The minimum Gasteiger partial charge on any atom is -0.322 e. The summed E-state index contributed by atoms with van der Waals surface area (Å²) in [5.41, 5.74) is 1.71. The van der Waals surface area contributed by atoms with Gasteiger partial charge >= 0.3 is 0 Å². The number of rotatable bonds is 1. The number of hydrogen-bond donors (Lipinski definition) is 1. The number of nitrogens with zero attached hydrogens (tertiary/aromatic N) is 1. The minimum absolute atomic E-state index is 0.136. The minimum atomic E-state index is -1.15. The van der Waals surface area contributed by atoms with E-state index in [1.807, 2.05) is 18.2 Å². The van der Waals surface area contributed by atoms with Crippen LogP contribution in [-0.2, 0) is 14.5 Å². The molecule has 2 aromatic carbocycles. The first-order valence-electron chi connectivity index (χ1n) is 6.76. The summed E-state index contributed by atoms with van der Waals surface area (Å²) in [6.45, 7) is 0. The molecule has 6 heteroatoms. The van der Waals surface area contributed by atoms with Gasteiger partial charge in [-0.1, -0.05) is 24.3 Å². The summed E-state index contributed by atoms with van der Waals surface area (Å²) in [4.78, 5) is 25.4. The van der Waals surface area contributed by atoms with Crippen LogP contribution in [0.2, 0.25) is 0 Å². The Morgan fingerprint density at radius 2 is 1.91 bits per heavy atom. The normalized spacial score (nSPS) is 23.0. The number of fused-ring (bicyclic) bond motifs is 2. The molecule has 1 saturated heterocycles. The highest BCUT2D eigenvalue weighted by atomic mass is 32.2. The summed E-state index contributed by atoms with van der Waals surface area (Å²) in [7, 11) is 0. The molecule has 110 valence electrons. The maximum absolute atomic E-state index is 13.4. The third-order valence-electron chi connectivity index (χ3n) is 3.89. The van der Waals surface area contributed by atoms with E-state index in [1.54, 1.807) is 18.2 Å². The average Bonchev–Trinajstić information content (AvgIpc) is 2.99. The molecule has 0 aromatic heterocycles. The molecule has 1 atom stereocenters. The Labute approximate surface area is 130 Å². The molecule has 2 amide bonds. The number of thioether (sulfide) groups is 1. The Morgan fingerprint density at radius 3 is 2.68 bits per heavy atom. The number of hydrogen-bond acceptors (Lipinski definition) is 3. The van der Waals surface area contributed by atoms with E-state index in [9.17, 15) is 14.0 Å². The fourth-order valence-electron chi connectivity index (χ4n) is 2.98. The molecule has 4 nitrogen and oxygen atoms in total. The van der Waals surface area contributed by atoms with Gasteiger partial charge in [-0.05, 0) is 24.3 Å². The van der Waals surface area contributed by atoms with Crippen molar-refractivity contribution in [2.45, 2.75) is 4.87 Å². The molecule has 2 aliphatic rings. The largest absolute Gasteiger partial charge is 0.322 e. The van der Waals surface area contributed by atoms with Gasteiger partial charge in [-0.3, -0.25) is 14.5 Å². The summed E-state index contributed by atoms with van der Waals surface area (Å²) >= 11 is 1.26. The summed E-state index contributed by atoms with van der Waals surface area (Å²) in [5.74, 6) is -0.660. The lowest BCUT2D eigenvalue weighted by Crippen LogP contribution is -2.47.